The largest absolute Gasteiger partial charge is 0.377 e. The molecule has 0 amide bonds. The Morgan fingerprint density at radius 3 is 2.24 bits per heavy atom. The summed E-state index contributed by atoms with van der Waals surface area (Å²) in [6.07, 6.45) is 1.90. The van der Waals surface area contributed by atoms with Crippen molar-refractivity contribution in [2.24, 2.45) is 0 Å². The molecule has 0 bridgehead atoms. The Bertz CT molecular complexity index is 512. The second-order valence-corrected chi connectivity index (χ2v) is 4.24. The second kappa shape index (κ2) is 4.88. The van der Waals surface area contributed by atoms with Crippen molar-refractivity contribution in [3.63, 3.8) is 0 Å². The minimum Gasteiger partial charge on any atom is -0.377 e. The van der Waals surface area contributed by atoms with E-state index >= 15 is 0 Å². The molecule has 0 fully saturated rings. The molecule has 2 rings (SSSR count). The lowest BCUT2D eigenvalue weighted by molar-refractivity contribution is 1.13. The van der Waals surface area contributed by atoms with Crippen LogP contribution in [-0.2, 0) is 0 Å². The van der Waals surface area contributed by atoms with Gasteiger partial charge >= 0.3 is 0 Å². The third-order valence-corrected chi connectivity index (χ3v) is 2.84. The number of anilines is 1. The van der Waals surface area contributed by atoms with E-state index in [1.54, 1.807) is 0 Å². The Morgan fingerprint density at radius 1 is 0.941 bits per heavy atom. The molecule has 0 radical (unpaired) electrons. The van der Waals surface area contributed by atoms with Gasteiger partial charge in [-0.1, -0.05) is 49.1 Å². The highest BCUT2D eigenvalue weighted by molar-refractivity contribution is 5.74. The maximum absolute atomic E-state index is 3.88. The zero-order valence-corrected chi connectivity index (χ0v) is 10.4. The average Bonchev–Trinajstić information content (AvgIpc) is 2.39. The van der Waals surface area contributed by atoms with E-state index in [1.807, 2.05) is 26.2 Å². The summed E-state index contributed by atoms with van der Waals surface area (Å²) in [4.78, 5) is 2.10. The number of hydrogen-bond donors (Lipinski definition) is 0. The van der Waals surface area contributed by atoms with Crippen LogP contribution in [0.15, 0.2) is 55.1 Å². The molecule has 17 heavy (non-hydrogen) atoms. The van der Waals surface area contributed by atoms with Gasteiger partial charge in [0.1, 0.15) is 0 Å². The van der Waals surface area contributed by atoms with Crippen LogP contribution in [0, 0.1) is 0 Å². The van der Waals surface area contributed by atoms with E-state index in [0.29, 0.717) is 0 Å². The molecule has 0 atom stereocenters. The summed E-state index contributed by atoms with van der Waals surface area (Å²) in [5, 5.41) is 0. The Balaban J connectivity index is 2.49. The van der Waals surface area contributed by atoms with Crippen molar-refractivity contribution in [3.8, 4) is 11.1 Å². The van der Waals surface area contributed by atoms with E-state index in [1.165, 1.54) is 16.8 Å². The van der Waals surface area contributed by atoms with Crippen LogP contribution in [0.4, 0.5) is 5.69 Å². The van der Waals surface area contributed by atoms with Gasteiger partial charge in [0, 0.05) is 19.8 Å². The molecule has 2 aromatic rings. The van der Waals surface area contributed by atoms with Crippen LogP contribution in [0.3, 0.4) is 0 Å². The highest BCUT2D eigenvalue weighted by atomic mass is 15.1. The third kappa shape index (κ3) is 2.39. The molecule has 0 aliphatic rings. The van der Waals surface area contributed by atoms with Crippen LogP contribution in [0.2, 0.25) is 0 Å². The topological polar surface area (TPSA) is 3.24 Å². The van der Waals surface area contributed by atoms with Gasteiger partial charge in [0.25, 0.3) is 0 Å². The Hall–Kier alpha value is -2.02. The molecule has 0 aromatic heterocycles. The predicted octanol–water partition coefficient (Wildman–Crippen LogP) is 4.06. The lowest BCUT2D eigenvalue weighted by Crippen LogP contribution is -2.09. The number of nitrogens with zero attached hydrogens (tertiary/aromatic N) is 1. The van der Waals surface area contributed by atoms with Crippen molar-refractivity contribution in [2.75, 3.05) is 19.0 Å². The summed E-state index contributed by atoms with van der Waals surface area (Å²) < 4.78 is 0. The molecule has 0 saturated heterocycles. The first-order valence-corrected chi connectivity index (χ1v) is 5.71. The van der Waals surface area contributed by atoms with E-state index < -0.39 is 0 Å². The number of rotatable bonds is 3. The molecule has 0 spiro atoms. The minimum atomic E-state index is 1.16. The SMILES string of the molecule is C=Cc1cc(-c2ccccc2)ccc1N(C)C. The fourth-order valence-electron chi connectivity index (χ4n) is 1.94. The molecular weight excluding hydrogens is 206 g/mol. The molecule has 86 valence electrons. The van der Waals surface area contributed by atoms with E-state index in [-0.39, 0.29) is 0 Å². The van der Waals surface area contributed by atoms with Crippen LogP contribution >= 0.6 is 0 Å². The summed E-state index contributed by atoms with van der Waals surface area (Å²) in [5.41, 5.74) is 4.82. The first-order valence-electron chi connectivity index (χ1n) is 5.71. The van der Waals surface area contributed by atoms with Gasteiger partial charge in [-0.2, -0.15) is 0 Å². The first-order chi connectivity index (χ1) is 8.22. The zero-order valence-electron chi connectivity index (χ0n) is 10.4. The van der Waals surface area contributed by atoms with Gasteiger partial charge in [-0.05, 0) is 28.8 Å². The molecule has 0 heterocycles. The maximum Gasteiger partial charge on any atom is 0.0434 e. The molecule has 0 aliphatic carbocycles. The predicted molar refractivity (Wildman–Crippen MR) is 76.3 cm³/mol. The molecule has 0 N–H and O–H groups in total. The Labute approximate surface area is 103 Å². The van der Waals surface area contributed by atoms with E-state index in [4.69, 9.17) is 0 Å². The molecule has 1 heteroatoms. The molecule has 0 aliphatic heterocycles. The van der Waals surface area contributed by atoms with Gasteiger partial charge in [-0.15, -0.1) is 0 Å². The zero-order chi connectivity index (χ0) is 12.3. The summed E-state index contributed by atoms with van der Waals surface area (Å²) in [6.45, 7) is 3.88. The highest BCUT2D eigenvalue weighted by Gasteiger charge is 2.04. The molecular formula is C16H17N. The maximum atomic E-state index is 3.88. The van der Waals surface area contributed by atoms with Gasteiger partial charge < -0.3 is 4.90 Å². The molecule has 1 nitrogen and oxygen atoms in total. The lowest BCUT2D eigenvalue weighted by atomic mass is 10.0. The minimum absolute atomic E-state index is 1.16. The molecule has 2 aromatic carbocycles. The van der Waals surface area contributed by atoms with Crippen molar-refractivity contribution >= 4 is 11.8 Å². The van der Waals surface area contributed by atoms with E-state index in [9.17, 15) is 0 Å². The van der Waals surface area contributed by atoms with E-state index in [2.05, 4.69) is 53.9 Å². The average molecular weight is 223 g/mol. The summed E-state index contributed by atoms with van der Waals surface area (Å²) in [5.74, 6) is 0. The van der Waals surface area contributed by atoms with Crippen LogP contribution in [0.1, 0.15) is 5.56 Å². The molecule has 0 unspecified atom stereocenters. The van der Waals surface area contributed by atoms with Gasteiger partial charge in [0.2, 0.25) is 0 Å². The number of benzene rings is 2. The van der Waals surface area contributed by atoms with Crippen LogP contribution < -0.4 is 4.90 Å². The van der Waals surface area contributed by atoms with Crippen molar-refractivity contribution in [1.29, 1.82) is 0 Å². The van der Waals surface area contributed by atoms with Crippen molar-refractivity contribution in [1.82, 2.24) is 0 Å². The van der Waals surface area contributed by atoms with Gasteiger partial charge in [0.05, 0.1) is 0 Å². The lowest BCUT2D eigenvalue weighted by Gasteiger charge is -2.16. The smallest absolute Gasteiger partial charge is 0.0434 e. The fourth-order valence-corrected chi connectivity index (χ4v) is 1.94. The van der Waals surface area contributed by atoms with Crippen LogP contribution in [0.25, 0.3) is 17.2 Å². The van der Waals surface area contributed by atoms with Crippen LogP contribution in [-0.4, -0.2) is 14.1 Å². The fraction of sp³-hybridized carbons (Fsp3) is 0.125. The van der Waals surface area contributed by atoms with Crippen LogP contribution in [0.5, 0.6) is 0 Å². The highest BCUT2D eigenvalue weighted by Crippen LogP contribution is 2.27. The second-order valence-electron chi connectivity index (χ2n) is 4.24. The third-order valence-electron chi connectivity index (χ3n) is 2.84. The van der Waals surface area contributed by atoms with Crippen molar-refractivity contribution in [2.45, 2.75) is 0 Å². The van der Waals surface area contributed by atoms with Gasteiger partial charge in [0.15, 0.2) is 0 Å². The van der Waals surface area contributed by atoms with E-state index in [0.717, 1.165) is 5.56 Å². The summed E-state index contributed by atoms with van der Waals surface area (Å²) in [6, 6.07) is 16.9. The summed E-state index contributed by atoms with van der Waals surface area (Å²) >= 11 is 0. The normalized spacial score (nSPS) is 10.0. The number of hydrogen-bond acceptors (Lipinski definition) is 1. The quantitative estimate of drug-likeness (QED) is 0.758. The monoisotopic (exact) mass is 223 g/mol. The summed E-state index contributed by atoms with van der Waals surface area (Å²) in [7, 11) is 4.09. The Kier molecular flexibility index (Phi) is 3.29. The first kappa shape index (κ1) is 11.5. The van der Waals surface area contributed by atoms with Crippen molar-refractivity contribution in [3.05, 3.63) is 60.7 Å². The Morgan fingerprint density at radius 2 is 1.65 bits per heavy atom. The van der Waals surface area contributed by atoms with Crippen molar-refractivity contribution < 1.29 is 0 Å². The van der Waals surface area contributed by atoms with Gasteiger partial charge in [-0.25, -0.2) is 0 Å². The standard InChI is InChI=1S/C16H17N/c1-4-13-12-15(10-11-16(13)17(2)3)14-8-6-5-7-9-14/h4-12H,1H2,2-3H3. The van der Waals surface area contributed by atoms with Gasteiger partial charge in [-0.3, -0.25) is 0 Å². The molecule has 0 saturated carbocycles.